The van der Waals surface area contributed by atoms with Gasteiger partial charge in [0.2, 0.25) is 0 Å². The number of aromatic nitrogens is 2. The molecular formula is C10H14N2O4. The molecule has 0 radical (unpaired) electrons. The number of aliphatic hydroxyl groups excluding tert-OH is 1. The van der Waals surface area contributed by atoms with Crippen molar-refractivity contribution in [2.24, 2.45) is 0 Å². The molecule has 0 aromatic carbocycles. The molecule has 1 atom stereocenters. The second-order valence-electron chi connectivity index (χ2n) is 3.77. The van der Waals surface area contributed by atoms with E-state index in [4.69, 9.17) is 14.9 Å². The van der Waals surface area contributed by atoms with Gasteiger partial charge in [0, 0.05) is 6.04 Å². The van der Waals surface area contributed by atoms with Crippen molar-refractivity contribution in [2.45, 2.75) is 25.0 Å². The van der Waals surface area contributed by atoms with Crippen molar-refractivity contribution < 1.29 is 19.7 Å². The highest BCUT2D eigenvalue weighted by Crippen LogP contribution is 2.37. The van der Waals surface area contributed by atoms with E-state index in [0.717, 1.165) is 12.8 Å². The molecule has 6 nitrogen and oxygen atoms in total. The number of aliphatic hydroxyl groups is 1. The third kappa shape index (κ3) is 2.23. The van der Waals surface area contributed by atoms with Crippen LogP contribution in [0.4, 0.5) is 0 Å². The molecule has 0 bridgehead atoms. The lowest BCUT2D eigenvalue weighted by atomic mass is 10.2. The number of rotatable bonds is 6. The molecule has 1 aliphatic carbocycles. The summed E-state index contributed by atoms with van der Waals surface area (Å²) >= 11 is 0. The standard InChI is InChI=1S/C10H14N2O4/c13-3-4-16-9(10(14)15)8-5-11-6-12(8)7-1-2-7/h5-7,9,13H,1-4H2,(H,14,15). The van der Waals surface area contributed by atoms with E-state index in [9.17, 15) is 4.79 Å². The summed E-state index contributed by atoms with van der Waals surface area (Å²) in [6.07, 6.45) is 4.20. The first kappa shape index (κ1) is 11.1. The minimum Gasteiger partial charge on any atom is -0.479 e. The van der Waals surface area contributed by atoms with Gasteiger partial charge in [0.15, 0.2) is 6.10 Å². The van der Waals surface area contributed by atoms with E-state index in [1.54, 1.807) is 6.33 Å². The predicted molar refractivity (Wildman–Crippen MR) is 53.9 cm³/mol. The van der Waals surface area contributed by atoms with Gasteiger partial charge in [0.25, 0.3) is 0 Å². The third-order valence-corrected chi connectivity index (χ3v) is 2.51. The van der Waals surface area contributed by atoms with Crippen LogP contribution in [0.5, 0.6) is 0 Å². The van der Waals surface area contributed by atoms with Crippen molar-refractivity contribution in [3.8, 4) is 0 Å². The normalized spacial score (nSPS) is 17.3. The number of ether oxygens (including phenoxy) is 1. The van der Waals surface area contributed by atoms with Gasteiger partial charge in [-0.25, -0.2) is 9.78 Å². The highest BCUT2D eigenvalue weighted by Gasteiger charge is 2.31. The summed E-state index contributed by atoms with van der Waals surface area (Å²) in [5.41, 5.74) is 0.545. The van der Waals surface area contributed by atoms with E-state index in [2.05, 4.69) is 4.98 Å². The Kier molecular flexibility index (Phi) is 3.21. The Bertz CT molecular complexity index is 373. The van der Waals surface area contributed by atoms with Gasteiger partial charge in [0.1, 0.15) is 0 Å². The summed E-state index contributed by atoms with van der Waals surface area (Å²) in [4.78, 5) is 15.0. The van der Waals surface area contributed by atoms with Crippen LogP contribution >= 0.6 is 0 Å². The van der Waals surface area contributed by atoms with Gasteiger partial charge in [-0.05, 0) is 12.8 Å². The van der Waals surface area contributed by atoms with Crippen LogP contribution in [0.1, 0.15) is 30.7 Å². The highest BCUT2D eigenvalue weighted by atomic mass is 16.5. The van der Waals surface area contributed by atoms with Crippen LogP contribution in [-0.4, -0.2) is 38.9 Å². The number of imidazole rings is 1. The molecule has 1 heterocycles. The number of hydrogen-bond acceptors (Lipinski definition) is 4. The molecule has 2 N–H and O–H groups in total. The fourth-order valence-corrected chi connectivity index (χ4v) is 1.63. The first-order valence-electron chi connectivity index (χ1n) is 5.21. The lowest BCUT2D eigenvalue weighted by Crippen LogP contribution is -2.20. The summed E-state index contributed by atoms with van der Waals surface area (Å²) in [5.74, 6) is -1.06. The average molecular weight is 226 g/mol. The lowest BCUT2D eigenvalue weighted by molar-refractivity contribution is -0.152. The molecule has 1 aromatic rings. The van der Waals surface area contributed by atoms with Gasteiger partial charge in [0.05, 0.1) is 31.4 Å². The molecule has 0 spiro atoms. The molecule has 1 fully saturated rings. The molecule has 0 saturated heterocycles. The van der Waals surface area contributed by atoms with Crippen LogP contribution in [0, 0.1) is 0 Å². The number of carboxylic acids is 1. The number of nitrogens with zero attached hydrogens (tertiary/aromatic N) is 2. The van der Waals surface area contributed by atoms with Gasteiger partial charge < -0.3 is 19.5 Å². The first-order valence-corrected chi connectivity index (χ1v) is 5.21. The third-order valence-electron chi connectivity index (χ3n) is 2.51. The summed E-state index contributed by atoms with van der Waals surface area (Å²) in [7, 11) is 0. The Hall–Kier alpha value is -1.40. The topological polar surface area (TPSA) is 84.6 Å². The Morgan fingerprint density at radius 3 is 3.00 bits per heavy atom. The van der Waals surface area contributed by atoms with Crippen LogP contribution in [0.25, 0.3) is 0 Å². The SMILES string of the molecule is O=C(O)C(OCCO)c1cncn1C1CC1. The van der Waals surface area contributed by atoms with Crippen LogP contribution < -0.4 is 0 Å². The van der Waals surface area contributed by atoms with E-state index in [-0.39, 0.29) is 13.2 Å². The molecule has 0 aliphatic heterocycles. The van der Waals surface area contributed by atoms with E-state index < -0.39 is 12.1 Å². The maximum atomic E-state index is 11.1. The molecule has 2 rings (SSSR count). The fourth-order valence-electron chi connectivity index (χ4n) is 1.63. The summed E-state index contributed by atoms with van der Waals surface area (Å²) < 4.78 is 6.95. The first-order chi connectivity index (χ1) is 7.74. The Labute approximate surface area is 92.5 Å². The molecule has 1 aliphatic rings. The number of aliphatic carboxylic acids is 1. The van der Waals surface area contributed by atoms with Crippen LogP contribution in [-0.2, 0) is 9.53 Å². The minimum atomic E-state index is -1.06. The molecule has 1 unspecified atom stereocenters. The quantitative estimate of drug-likeness (QED) is 0.731. The van der Waals surface area contributed by atoms with E-state index >= 15 is 0 Å². The maximum Gasteiger partial charge on any atom is 0.339 e. The number of carbonyl (C=O) groups is 1. The van der Waals surface area contributed by atoms with E-state index in [1.807, 2.05) is 4.57 Å². The van der Waals surface area contributed by atoms with E-state index in [0.29, 0.717) is 11.7 Å². The zero-order chi connectivity index (χ0) is 11.5. The minimum absolute atomic E-state index is 0.00676. The predicted octanol–water partition coefficient (Wildman–Crippen LogP) is 0.353. The molecule has 88 valence electrons. The summed E-state index contributed by atoms with van der Waals surface area (Å²) in [5, 5.41) is 17.7. The second-order valence-corrected chi connectivity index (χ2v) is 3.77. The fraction of sp³-hybridized carbons (Fsp3) is 0.600. The average Bonchev–Trinajstić information content (AvgIpc) is 2.99. The molecule has 0 amide bonds. The van der Waals surface area contributed by atoms with Crippen molar-refractivity contribution in [2.75, 3.05) is 13.2 Å². The number of hydrogen-bond donors (Lipinski definition) is 2. The van der Waals surface area contributed by atoms with Crippen molar-refractivity contribution in [1.29, 1.82) is 0 Å². The van der Waals surface area contributed by atoms with Gasteiger partial charge in [-0.3, -0.25) is 0 Å². The number of carboxylic acid groups (broad SMARTS) is 1. The molecule has 6 heteroatoms. The monoisotopic (exact) mass is 226 g/mol. The lowest BCUT2D eigenvalue weighted by Gasteiger charge is -2.14. The molecular weight excluding hydrogens is 212 g/mol. The zero-order valence-corrected chi connectivity index (χ0v) is 8.74. The van der Waals surface area contributed by atoms with Gasteiger partial charge in [-0.2, -0.15) is 0 Å². The van der Waals surface area contributed by atoms with Crippen molar-refractivity contribution in [1.82, 2.24) is 9.55 Å². The summed E-state index contributed by atoms with van der Waals surface area (Å²) in [6.45, 7) is -0.186. The Morgan fingerprint density at radius 2 is 2.44 bits per heavy atom. The summed E-state index contributed by atoms with van der Waals surface area (Å²) in [6, 6.07) is 0.358. The van der Waals surface area contributed by atoms with E-state index in [1.165, 1.54) is 6.20 Å². The van der Waals surface area contributed by atoms with Gasteiger partial charge >= 0.3 is 5.97 Å². The zero-order valence-electron chi connectivity index (χ0n) is 8.74. The van der Waals surface area contributed by atoms with Gasteiger partial charge in [-0.1, -0.05) is 0 Å². The molecule has 16 heavy (non-hydrogen) atoms. The van der Waals surface area contributed by atoms with Crippen LogP contribution in [0.2, 0.25) is 0 Å². The Balaban J connectivity index is 2.16. The maximum absolute atomic E-state index is 11.1. The largest absolute Gasteiger partial charge is 0.479 e. The smallest absolute Gasteiger partial charge is 0.339 e. The Morgan fingerprint density at radius 1 is 1.69 bits per heavy atom. The van der Waals surface area contributed by atoms with Crippen molar-refractivity contribution >= 4 is 5.97 Å². The van der Waals surface area contributed by atoms with Crippen molar-refractivity contribution in [3.63, 3.8) is 0 Å². The van der Waals surface area contributed by atoms with Crippen LogP contribution in [0.3, 0.4) is 0 Å². The highest BCUT2D eigenvalue weighted by molar-refractivity contribution is 5.73. The van der Waals surface area contributed by atoms with Gasteiger partial charge in [-0.15, -0.1) is 0 Å². The van der Waals surface area contributed by atoms with Crippen LogP contribution in [0.15, 0.2) is 12.5 Å². The molecule has 1 saturated carbocycles. The molecule has 1 aromatic heterocycles. The second kappa shape index (κ2) is 4.63. The van der Waals surface area contributed by atoms with Crippen molar-refractivity contribution in [3.05, 3.63) is 18.2 Å².